The molecule has 4 nitrogen and oxygen atoms in total. The number of benzene rings is 1. The van der Waals surface area contributed by atoms with Crippen molar-refractivity contribution in [1.29, 1.82) is 0 Å². The van der Waals surface area contributed by atoms with Crippen molar-refractivity contribution in [3.05, 3.63) is 35.7 Å². The van der Waals surface area contributed by atoms with Crippen LogP contribution in [-0.2, 0) is 11.2 Å². The summed E-state index contributed by atoms with van der Waals surface area (Å²) < 4.78 is 66.4. The van der Waals surface area contributed by atoms with Gasteiger partial charge in [-0.15, -0.1) is 0 Å². The predicted molar refractivity (Wildman–Crippen MR) is 54.4 cm³/mol. The topological polar surface area (TPSA) is 56.0 Å². The highest BCUT2D eigenvalue weighted by Gasteiger charge is 2.39. The van der Waals surface area contributed by atoms with Crippen LogP contribution < -0.4 is 0 Å². The molecule has 20 heavy (non-hydrogen) atoms. The number of alkyl halides is 3. The molecule has 0 amide bonds. The molecule has 0 saturated carbocycles. The second kappa shape index (κ2) is 4.99. The number of nitrogens with zero attached hydrogens (tertiary/aromatic N) is 2. The number of carbonyl (C=O) groups excluding carboxylic acids is 1. The summed E-state index contributed by atoms with van der Waals surface area (Å²) in [6, 6.07) is 2.37. The van der Waals surface area contributed by atoms with Gasteiger partial charge in [-0.3, -0.25) is 4.79 Å². The van der Waals surface area contributed by atoms with Crippen molar-refractivity contribution in [3.63, 3.8) is 0 Å². The molecule has 0 unspecified atom stereocenters. The third kappa shape index (κ3) is 3.16. The smallest absolute Gasteiger partial charge is 0.338 e. The molecule has 0 aliphatic carbocycles. The molecular weight excluding hydrogens is 287 g/mol. The molecule has 0 radical (unpaired) electrons. The summed E-state index contributed by atoms with van der Waals surface area (Å²) in [5.74, 6) is -4.77. The van der Waals surface area contributed by atoms with Crippen LogP contribution >= 0.6 is 0 Å². The molecule has 0 spiro atoms. The summed E-state index contributed by atoms with van der Waals surface area (Å²) in [6.07, 6.45) is -6.14. The molecule has 106 valence electrons. The Labute approximate surface area is 108 Å². The lowest BCUT2D eigenvalue weighted by molar-refractivity contribution is -0.170. The van der Waals surface area contributed by atoms with Crippen LogP contribution in [-0.4, -0.2) is 22.1 Å². The minimum absolute atomic E-state index is 0.114. The normalized spacial score (nSPS) is 11.7. The lowest BCUT2D eigenvalue weighted by Gasteiger charge is -2.00. The Morgan fingerprint density at radius 3 is 2.30 bits per heavy atom. The maximum Gasteiger partial charge on any atom is 0.450 e. The fraction of sp³-hybridized carbons (Fsp3) is 0.182. The van der Waals surface area contributed by atoms with Gasteiger partial charge in [0.25, 0.3) is 0 Å². The van der Waals surface area contributed by atoms with Crippen molar-refractivity contribution in [2.24, 2.45) is 0 Å². The van der Waals surface area contributed by atoms with E-state index in [1.54, 1.807) is 0 Å². The predicted octanol–water partition coefficient (Wildman–Crippen LogP) is 2.69. The van der Waals surface area contributed by atoms with E-state index in [9.17, 15) is 26.7 Å². The Morgan fingerprint density at radius 1 is 1.15 bits per heavy atom. The number of halogens is 5. The van der Waals surface area contributed by atoms with E-state index in [4.69, 9.17) is 0 Å². The van der Waals surface area contributed by atoms with Gasteiger partial charge in [0.15, 0.2) is 0 Å². The van der Waals surface area contributed by atoms with E-state index in [1.165, 1.54) is 0 Å². The Kier molecular flexibility index (Phi) is 3.51. The van der Waals surface area contributed by atoms with E-state index in [-0.39, 0.29) is 11.4 Å². The monoisotopic (exact) mass is 292 g/mol. The Bertz CT molecular complexity index is 630. The van der Waals surface area contributed by atoms with E-state index in [1.807, 2.05) is 0 Å². The maximum absolute atomic E-state index is 13.0. The molecule has 1 aromatic heterocycles. The molecule has 2 rings (SSSR count). The van der Waals surface area contributed by atoms with Crippen LogP contribution in [0.2, 0.25) is 0 Å². The standard InChI is InChI=1S/C11H5F5N2O2/c12-6-1-5(2-7(13)3-6)10-17-9(20-18-10)4-8(19)11(14,15)16/h1-3H,4H2. The summed E-state index contributed by atoms with van der Waals surface area (Å²) in [6.45, 7) is 0. The molecule has 1 aromatic carbocycles. The second-order valence-corrected chi connectivity index (χ2v) is 3.77. The van der Waals surface area contributed by atoms with Crippen molar-refractivity contribution in [1.82, 2.24) is 10.1 Å². The van der Waals surface area contributed by atoms with E-state index in [0.717, 1.165) is 12.1 Å². The van der Waals surface area contributed by atoms with Gasteiger partial charge in [-0.25, -0.2) is 8.78 Å². The van der Waals surface area contributed by atoms with Crippen LogP contribution in [0.25, 0.3) is 11.4 Å². The molecular formula is C11H5F5N2O2. The number of Topliss-reactive ketones (excluding diaryl/α,β-unsaturated/α-hetero) is 1. The van der Waals surface area contributed by atoms with E-state index in [2.05, 4.69) is 14.7 Å². The highest BCUT2D eigenvalue weighted by Crippen LogP contribution is 2.21. The van der Waals surface area contributed by atoms with Gasteiger partial charge >= 0.3 is 6.18 Å². The van der Waals surface area contributed by atoms with E-state index >= 15 is 0 Å². The number of ketones is 1. The average molecular weight is 292 g/mol. The van der Waals surface area contributed by atoms with Crippen molar-refractivity contribution in [2.75, 3.05) is 0 Å². The van der Waals surface area contributed by atoms with Gasteiger partial charge in [0.1, 0.15) is 11.6 Å². The molecule has 0 aliphatic heterocycles. The zero-order chi connectivity index (χ0) is 14.9. The average Bonchev–Trinajstić information content (AvgIpc) is 2.75. The first-order chi connectivity index (χ1) is 9.25. The summed E-state index contributed by atoms with van der Waals surface area (Å²) in [4.78, 5) is 14.2. The zero-order valence-electron chi connectivity index (χ0n) is 9.54. The molecule has 0 atom stereocenters. The minimum Gasteiger partial charge on any atom is -0.338 e. The first kappa shape index (κ1) is 14.1. The lowest BCUT2D eigenvalue weighted by atomic mass is 10.2. The van der Waals surface area contributed by atoms with Gasteiger partial charge in [0.2, 0.25) is 17.5 Å². The molecule has 0 bridgehead atoms. The number of aromatic nitrogens is 2. The van der Waals surface area contributed by atoms with Crippen molar-refractivity contribution in [3.8, 4) is 11.4 Å². The van der Waals surface area contributed by atoms with Crippen molar-refractivity contribution < 1.29 is 31.3 Å². The Balaban J connectivity index is 2.23. The van der Waals surface area contributed by atoms with Crippen LogP contribution in [0, 0.1) is 11.6 Å². The molecule has 0 aliphatic rings. The summed E-state index contributed by atoms with van der Waals surface area (Å²) in [5, 5.41) is 3.26. The highest BCUT2D eigenvalue weighted by atomic mass is 19.4. The molecule has 9 heteroatoms. The van der Waals surface area contributed by atoms with Crippen LogP contribution in [0.15, 0.2) is 22.7 Å². The van der Waals surface area contributed by atoms with Crippen molar-refractivity contribution in [2.45, 2.75) is 12.6 Å². The van der Waals surface area contributed by atoms with E-state index in [0.29, 0.717) is 6.07 Å². The summed E-state index contributed by atoms with van der Waals surface area (Å²) in [7, 11) is 0. The summed E-state index contributed by atoms with van der Waals surface area (Å²) in [5.41, 5.74) is -0.114. The second-order valence-electron chi connectivity index (χ2n) is 3.77. The van der Waals surface area contributed by atoms with Crippen LogP contribution in [0.1, 0.15) is 5.89 Å². The number of hydrogen-bond acceptors (Lipinski definition) is 4. The minimum atomic E-state index is -5.01. The first-order valence-electron chi connectivity index (χ1n) is 5.15. The Morgan fingerprint density at radius 2 is 1.75 bits per heavy atom. The third-order valence-corrected chi connectivity index (χ3v) is 2.22. The van der Waals surface area contributed by atoms with Crippen LogP contribution in [0.5, 0.6) is 0 Å². The first-order valence-corrected chi connectivity index (χ1v) is 5.15. The quantitative estimate of drug-likeness (QED) is 0.816. The van der Waals surface area contributed by atoms with E-state index < -0.39 is 35.9 Å². The van der Waals surface area contributed by atoms with Gasteiger partial charge in [0.05, 0.1) is 6.42 Å². The molecule has 0 saturated heterocycles. The summed E-state index contributed by atoms with van der Waals surface area (Å²) >= 11 is 0. The molecule has 1 heterocycles. The molecule has 0 N–H and O–H groups in total. The largest absolute Gasteiger partial charge is 0.450 e. The van der Waals surface area contributed by atoms with Crippen LogP contribution in [0.4, 0.5) is 22.0 Å². The lowest BCUT2D eigenvalue weighted by Crippen LogP contribution is -2.24. The number of rotatable bonds is 3. The highest BCUT2D eigenvalue weighted by molar-refractivity contribution is 5.85. The molecule has 0 fully saturated rings. The maximum atomic E-state index is 13.0. The zero-order valence-corrected chi connectivity index (χ0v) is 9.54. The van der Waals surface area contributed by atoms with Gasteiger partial charge in [0, 0.05) is 11.6 Å². The van der Waals surface area contributed by atoms with Gasteiger partial charge in [-0.05, 0) is 12.1 Å². The fourth-order valence-corrected chi connectivity index (χ4v) is 1.36. The third-order valence-electron chi connectivity index (χ3n) is 2.22. The SMILES string of the molecule is O=C(Cc1nc(-c2cc(F)cc(F)c2)no1)C(F)(F)F. The molecule has 2 aromatic rings. The van der Waals surface area contributed by atoms with Crippen LogP contribution in [0.3, 0.4) is 0 Å². The number of hydrogen-bond donors (Lipinski definition) is 0. The van der Waals surface area contributed by atoms with Gasteiger partial charge in [-0.2, -0.15) is 18.2 Å². The van der Waals surface area contributed by atoms with Gasteiger partial charge in [-0.1, -0.05) is 5.16 Å². The van der Waals surface area contributed by atoms with Gasteiger partial charge < -0.3 is 4.52 Å². The number of carbonyl (C=O) groups is 1. The Hall–Kier alpha value is -2.32. The van der Waals surface area contributed by atoms with Crippen molar-refractivity contribution >= 4 is 5.78 Å². The fourth-order valence-electron chi connectivity index (χ4n) is 1.36.